The zero-order valence-corrected chi connectivity index (χ0v) is 9.65. The van der Waals surface area contributed by atoms with Crippen LogP contribution in [0, 0.1) is 0 Å². The minimum absolute atomic E-state index is 0.324. The fourth-order valence-corrected chi connectivity index (χ4v) is 2.90. The van der Waals surface area contributed by atoms with Crippen LogP contribution in [0.25, 0.3) is 0 Å². The first kappa shape index (κ1) is 10.8. The monoisotopic (exact) mass is 228 g/mol. The van der Waals surface area contributed by atoms with Crippen molar-refractivity contribution in [1.82, 2.24) is 25.1 Å². The standard InChI is InChI=1S/C8H16N6S/c1-13-4-5-15-6-7(13)8-10-11-12-14(8)3-2-9/h7H,2-6,9H2,1H3. The van der Waals surface area contributed by atoms with Crippen LogP contribution >= 0.6 is 11.8 Å². The van der Waals surface area contributed by atoms with Gasteiger partial charge in [0.1, 0.15) is 0 Å². The number of hydrogen-bond donors (Lipinski definition) is 1. The van der Waals surface area contributed by atoms with E-state index in [-0.39, 0.29) is 0 Å². The Kier molecular flexibility index (Phi) is 3.55. The van der Waals surface area contributed by atoms with Crippen molar-refractivity contribution in [3.05, 3.63) is 5.82 Å². The van der Waals surface area contributed by atoms with Gasteiger partial charge in [-0.1, -0.05) is 0 Å². The SMILES string of the molecule is CN1CCSCC1c1nnnn1CCN. The fourth-order valence-electron chi connectivity index (χ4n) is 1.69. The lowest BCUT2D eigenvalue weighted by Crippen LogP contribution is -2.35. The lowest BCUT2D eigenvalue weighted by atomic mass is 10.2. The molecule has 1 atom stereocenters. The van der Waals surface area contributed by atoms with Gasteiger partial charge in [0.25, 0.3) is 0 Å². The summed E-state index contributed by atoms with van der Waals surface area (Å²) in [5.74, 6) is 3.18. The maximum absolute atomic E-state index is 5.52. The Hall–Kier alpha value is -0.660. The molecule has 84 valence electrons. The molecule has 2 rings (SSSR count). The van der Waals surface area contributed by atoms with Gasteiger partial charge in [0.15, 0.2) is 5.82 Å². The molecule has 0 radical (unpaired) electrons. The van der Waals surface area contributed by atoms with Crippen molar-refractivity contribution in [2.75, 3.05) is 31.6 Å². The summed E-state index contributed by atoms with van der Waals surface area (Å²) in [6.45, 7) is 2.35. The molecule has 15 heavy (non-hydrogen) atoms. The minimum Gasteiger partial charge on any atom is -0.329 e. The number of nitrogens with zero attached hydrogens (tertiary/aromatic N) is 5. The number of tetrazole rings is 1. The van der Waals surface area contributed by atoms with E-state index in [9.17, 15) is 0 Å². The van der Waals surface area contributed by atoms with E-state index in [1.807, 2.05) is 16.4 Å². The van der Waals surface area contributed by atoms with Crippen LogP contribution in [-0.2, 0) is 6.54 Å². The molecular weight excluding hydrogens is 212 g/mol. The number of hydrogen-bond acceptors (Lipinski definition) is 6. The second-order valence-electron chi connectivity index (χ2n) is 3.62. The van der Waals surface area contributed by atoms with Gasteiger partial charge in [-0.05, 0) is 17.5 Å². The van der Waals surface area contributed by atoms with Gasteiger partial charge in [-0.3, -0.25) is 4.90 Å². The molecule has 1 fully saturated rings. The van der Waals surface area contributed by atoms with Crippen LogP contribution in [0.15, 0.2) is 0 Å². The topological polar surface area (TPSA) is 72.9 Å². The molecule has 2 heterocycles. The first-order chi connectivity index (χ1) is 7.33. The summed E-state index contributed by atoms with van der Waals surface area (Å²) in [6.07, 6.45) is 0. The summed E-state index contributed by atoms with van der Waals surface area (Å²) in [4.78, 5) is 2.30. The minimum atomic E-state index is 0.324. The van der Waals surface area contributed by atoms with E-state index in [0.717, 1.165) is 18.1 Å². The van der Waals surface area contributed by atoms with Crippen molar-refractivity contribution in [1.29, 1.82) is 0 Å². The van der Waals surface area contributed by atoms with Gasteiger partial charge in [0.2, 0.25) is 0 Å². The van der Waals surface area contributed by atoms with Gasteiger partial charge in [-0.2, -0.15) is 11.8 Å². The van der Waals surface area contributed by atoms with E-state index in [1.54, 1.807) is 0 Å². The number of nitrogens with two attached hydrogens (primary N) is 1. The predicted octanol–water partition coefficient (Wildman–Crippen LogP) is -0.648. The zero-order chi connectivity index (χ0) is 10.7. The van der Waals surface area contributed by atoms with Gasteiger partial charge >= 0.3 is 0 Å². The van der Waals surface area contributed by atoms with Crippen LogP contribution in [0.4, 0.5) is 0 Å². The smallest absolute Gasteiger partial charge is 0.169 e. The molecule has 1 aromatic rings. The Balaban J connectivity index is 2.15. The van der Waals surface area contributed by atoms with Crippen molar-refractivity contribution in [3.8, 4) is 0 Å². The number of rotatable bonds is 3. The summed E-state index contributed by atoms with van der Waals surface area (Å²) in [6, 6.07) is 0.324. The highest BCUT2D eigenvalue weighted by molar-refractivity contribution is 7.99. The van der Waals surface area contributed by atoms with Gasteiger partial charge in [0, 0.05) is 24.6 Å². The highest BCUT2D eigenvalue weighted by Crippen LogP contribution is 2.26. The van der Waals surface area contributed by atoms with Gasteiger partial charge in [-0.15, -0.1) is 5.10 Å². The van der Waals surface area contributed by atoms with Crippen LogP contribution in [0.5, 0.6) is 0 Å². The first-order valence-electron chi connectivity index (χ1n) is 5.07. The average molecular weight is 228 g/mol. The van der Waals surface area contributed by atoms with Crippen molar-refractivity contribution in [2.45, 2.75) is 12.6 Å². The number of aromatic nitrogens is 4. The van der Waals surface area contributed by atoms with E-state index >= 15 is 0 Å². The molecule has 0 spiro atoms. The molecule has 0 saturated carbocycles. The van der Waals surface area contributed by atoms with Gasteiger partial charge in [0.05, 0.1) is 12.6 Å². The third kappa shape index (κ3) is 2.30. The molecule has 1 saturated heterocycles. The molecule has 1 aromatic heterocycles. The molecule has 6 nitrogen and oxygen atoms in total. The lowest BCUT2D eigenvalue weighted by Gasteiger charge is -2.30. The van der Waals surface area contributed by atoms with Crippen molar-refractivity contribution < 1.29 is 0 Å². The average Bonchev–Trinajstić information content (AvgIpc) is 2.67. The molecule has 2 N–H and O–H groups in total. The molecule has 7 heteroatoms. The Labute approximate surface area is 93.2 Å². The lowest BCUT2D eigenvalue weighted by molar-refractivity contribution is 0.256. The highest BCUT2D eigenvalue weighted by atomic mass is 32.2. The predicted molar refractivity (Wildman–Crippen MR) is 59.6 cm³/mol. The van der Waals surface area contributed by atoms with E-state index in [0.29, 0.717) is 19.1 Å². The molecule has 1 aliphatic heterocycles. The maximum Gasteiger partial charge on any atom is 0.169 e. The quantitative estimate of drug-likeness (QED) is 0.741. The highest BCUT2D eigenvalue weighted by Gasteiger charge is 2.25. The van der Waals surface area contributed by atoms with Crippen LogP contribution in [0.3, 0.4) is 0 Å². The molecular formula is C8H16N6S. The zero-order valence-electron chi connectivity index (χ0n) is 8.83. The molecule has 1 aliphatic rings. The van der Waals surface area contributed by atoms with E-state index in [1.165, 1.54) is 5.75 Å². The Morgan fingerprint density at radius 3 is 3.20 bits per heavy atom. The largest absolute Gasteiger partial charge is 0.329 e. The van der Waals surface area contributed by atoms with Crippen LogP contribution in [0.1, 0.15) is 11.9 Å². The van der Waals surface area contributed by atoms with Gasteiger partial charge < -0.3 is 5.73 Å². The van der Waals surface area contributed by atoms with E-state index in [2.05, 4.69) is 27.5 Å². The third-order valence-corrected chi connectivity index (χ3v) is 3.62. The summed E-state index contributed by atoms with van der Waals surface area (Å²) in [7, 11) is 2.12. The van der Waals surface area contributed by atoms with Crippen LogP contribution in [-0.4, -0.2) is 56.8 Å². The Bertz CT molecular complexity index is 314. The molecule has 0 aromatic carbocycles. The molecule has 0 aliphatic carbocycles. The van der Waals surface area contributed by atoms with Crippen molar-refractivity contribution >= 4 is 11.8 Å². The summed E-state index contributed by atoms with van der Waals surface area (Å²) < 4.78 is 1.81. The normalized spacial score (nSPS) is 23.2. The number of thioether (sulfide) groups is 1. The van der Waals surface area contributed by atoms with Crippen LogP contribution < -0.4 is 5.73 Å². The maximum atomic E-state index is 5.52. The second kappa shape index (κ2) is 4.91. The second-order valence-corrected chi connectivity index (χ2v) is 4.77. The van der Waals surface area contributed by atoms with Crippen molar-refractivity contribution in [2.24, 2.45) is 5.73 Å². The summed E-state index contributed by atoms with van der Waals surface area (Å²) >= 11 is 1.95. The van der Waals surface area contributed by atoms with Crippen LogP contribution in [0.2, 0.25) is 0 Å². The molecule has 0 bridgehead atoms. The van der Waals surface area contributed by atoms with Crippen molar-refractivity contribution in [3.63, 3.8) is 0 Å². The van der Waals surface area contributed by atoms with E-state index < -0.39 is 0 Å². The summed E-state index contributed by atoms with van der Waals surface area (Å²) in [5, 5.41) is 11.8. The molecule has 1 unspecified atom stereocenters. The molecule has 0 amide bonds. The van der Waals surface area contributed by atoms with Gasteiger partial charge in [-0.25, -0.2) is 4.68 Å². The Morgan fingerprint density at radius 1 is 1.60 bits per heavy atom. The fraction of sp³-hybridized carbons (Fsp3) is 0.875. The van der Waals surface area contributed by atoms with E-state index in [4.69, 9.17) is 5.73 Å². The summed E-state index contributed by atoms with van der Waals surface area (Å²) in [5.41, 5.74) is 5.52. The first-order valence-corrected chi connectivity index (χ1v) is 6.22. The third-order valence-electron chi connectivity index (χ3n) is 2.59. The Morgan fingerprint density at radius 2 is 2.47 bits per heavy atom.